The third-order valence-corrected chi connectivity index (χ3v) is 5.88. The summed E-state index contributed by atoms with van der Waals surface area (Å²) in [5.74, 6) is 0. The van der Waals surface area contributed by atoms with Crippen molar-refractivity contribution in [1.29, 1.82) is 0 Å². The van der Waals surface area contributed by atoms with Crippen molar-refractivity contribution in [3.05, 3.63) is 66.4 Å². The standard InChI is InChI=1S/C19H19N5O2S2/c1-24(2)28(25,26)17-7-3-6-16(12-17)22-19(27)23-21-13-14-8-9-18-15(11-14)5-4-10-20-18/h3-13H,1-2H3,(H2,22,23,27)/b21-13+. The van der Waals surface area contributed by atoms with E-state index in [1.165, 1.54) is 26.2 Å². The van der Waals surface area contributed by atoms with E-state index < -0.39 is 10.0 Å². The maximum atomic E-state index is 12.2. The van der Waals surface area contributed by atoms with Crippen LogP contribution in [-0.2, 0) is 10.0 Å². The molecule has 3 aromatic rings. The second-order valence-electron chi connectivity index (χ2n) is 6.09. The molecule has 3 rings (SSSR count). The van der Waals surface area contributed by atoms with Crippen molar-refractivity contribution >= 4 is 50.2 Å². The Morgan fingerprint density at radius 3 is 2.75 bits per heavy atom. The summed E-state index contributed by atoms with van der Waals surface area (Å²) in [6.45, 7) is 0. The smallest absolute Gasteiger partial charge is 0.242 e. The normalized spacial score (nSPS) is 11.8. The van der Waals surface area contributed by atoms with E-state index >= 15 is 0 Å². The first-order valence-electron chi connectivity index (χ1n) is 8.34. The molecule has 0 amide bonds. The van der Waals surface area contributed by atoms with Gasteiger partial charge in [0.15, 0.2) is 5.11 Å². The fourth-order valence-electron chi connectivity index (χ4n) is 2.44. The van der Waals surface area contributed by atoms with Gasteiger partial charge < -0.3 is 5.32 Å². The first-order chi connectivity index (χ1) is 13.4. The summed E-state index contributed by atoms with van der Waals surface area (Å²) in [4.78, 5) is 4.46. The molecular weight excluding hydrogens is 394 g/mol. The molecule has 1 aromatic heterocycles. The van der Waals surface area contributed by atoms with Crippen LogP contribution in [0.25, 0.3) is 10.9 Å². The molecule has 0 fully saturated rings. The first-order valence-corrected chi connectivity index (χ1v) is 10.2. The Balaban J connectivity index is 1.65. The lowest BCUT2D eigenvalue weighted by Gasteiger charge is -2.13. The van der Waals surface area contributed by atoms with E-state index in [-0.39, 0.29) is 10.0 Å². The average Bonchev–Trinajstić information content (AvgIpc) is 2.68. The van der Waals surface area contributed by atoms with Crippen molar-refractivity contribution in [2.45, 2.75) is 4.90 Å². The molecule has 0 atom stereocenters. The zero-order valence-electron chi connectivity index (χ0n) is 15.3. The van der Waals surface area contributed by atoms with E-state index in [2.05, 4.69) is 20.8 Å². The van der Waals surface area contributed by atoms with E-state index in [1.807, 2.05) is 30.3 Å². The highest BCUT2D eigenvalue weighted by atomic mass is 32.2. The molecular formula is C19H19N5O2S2. The number of hydrazone groups is 1. The number of aromatic nitrogens is 1. The number of sulfonamides is 1. The van der Waals surface area contributed by atoms with Crippen molar-refractivity contribution in [1.82, 2.24) is 14.7 Å². The molecule has 7 nitrogen and oxygen atoms in total. The molecule has 0 radical (unpaired) electrons. The molecule has 0 saturated heterocycles. The molecule has 28 heavy (non-hydrogen) atoms. The van der Waals surface area contributed by atoms with Crippen LogP contribution in [0, 0.1) is 0 Å². The number of hydrogen-bond donors (Lipinski definition) is 2. The minimum atomic E-state index is -3.51. The van der Waals surface area contributed by atoms with Gasteiger partial charge in [0.05, 0.1) is 16.6 Å². The molecule has 1 heterocycles. The van der Waals surface area contributed by atoms with Crippen LogP contribution in [0.4, 0.5) is 5.69 Å². The van der Waals surface area contributed by atoms with E-state index in [4.69, 9.17) is 12.2 Å². The van der Waals surface area contributed by atoms with Gasteiger partial charge in [0, 0.05) is 31.4 Å². The van der Waals surface area contributed by atoms with Crippen LogP contribution in [0.5, 0.6) is 0 Å². The van der Waals surface area contributed by atoms with Gasteiger partial charge in [-0.2, -0.15) is 5.10 Å². The summed E-state index contributed by atoms with van der Waals surface area (Å²) in [6, 6.07) is 16.1. The maximum absolute atomic E-state index is 12.2. The maximum Gasteiger partial charge on any atom is 0.242 e. The second kappa shape index (κ2) is 8.42. The zero-order chi connectivity index (χ0) is 20.1. The number of pyridine rings is 1. The largest absolute Gasteiger partial charge is 0.331 e. The van der Waals surface area contributed by atoms with Crippen LogP contribution >= 0.6 is 12.2 Å². The van der Waals surface area contributed by atoms with Crippen LogP contribution in [0.3, 0.4) is 0 Å². The second-order valence-corrected chi connectivity index (χ2v) is 8.66. The SMILES string of the molecule is CN(C)S(=O)(=O)c1cccc(NC(=S)N/N=C/c2ccc3ncccc3c2)c1. The van der Waals surface area contributed by atoms with E-state index in [0.29, 0.717) is 5.69 Å². The monoisotopic (exact) mass is 413 g/mol. The quantitative estimate of drug-likeness (QED) is 0.380. The molecule has 0 saturated carbocycles. The molecule has 0 aliphatic heterocycles. The van der Waals surface area contributed by atoms with Gasteiger partial charge in [-0.1, -0.05) is 18.2 Å². The Kier molecular flexibility index (Phi) is 5.98. The fraction of sp³-hybridized carbons (Fsp3) is 0.105. The number of hydrogen-bond acceptors (Lipinski definition) is 5. The molecule has 0 aliphatic carbocycles. The Hall–Kier alpha value is -2.88. The topological polar surface area (TPSA) is 86.7 Å². The third-order valence-electron chi connectivity index (χ3n) is 3.88. The van der Waals surface area contributed by atoms with Gasteiger partial charge in [-0.3, -0.25) is 10.4 Å². The molecule has 0 aliphatic rings. The summed E-state index contributed by atoms with van der Waals surface area (Å²) in [5.41, 5.74) is 5.08. The summed E-state index contributed by atoms with van der Waals surface area (Å²) < 4.78 is 25.6. The molecule has 0 unspecified atom stereocenters. The van der Waals surface area contributed by atoms with E-state index in [0.717, 1.165) is 20.8 Å². The van der Waals surface area contributed by atoms with Crippen LogP contribution < -0.4 is 10.7 Å². The number of benzene rings is 2. The molecule has 2 aromatic carbocycles. The third kappa shape index (κ3) is 4.69. The highest BCUT2D eigenvalue weighted by Crippen LogP contribution is 2.18. The number of nitrogens with zero attached hydrogens (tertiary/aromatic N) is 3. The molecule has 0 bridgehead atoms. The number of rotatable bonds is 5. The van der Waals surface area contributed by atoms with Crippen molar-refractivity contribution in [2.24, 2.45) is 5.10 Å². The molecule has 9 heteroatoms. The van der Waals surface area contributed by atoms with Crippen LogP contribution in [0.2, 0.25) is 0 Å². The predicted molar refractivity (Wildman–Crippen MR) is 116 cm³/mol. The fourth-order valence-corrected chi connectivity index (χ4v) is 3.56. The lowest BCUT2D eigenvalue weighted by atomic mass is 10.1. The Morgan fingerprint density at radius 1 is 1.14 bits per heavy atom. The van der Waals surface area contributed by atoms with Crippen LogP contribution in [0.1, 0.15) is 5.56 Å². The predicted octanol–water partition coefficient (Wildman–Crippen LogP) is 2.81. The average molecular weight is 414 g/mol. The molecule has 144 valence electrons. The van der Waals surface area contributed by atoms with Gasteiger partial charge in [-0.25, -0.2) is 12.7 Å². The zero-order valence-corrected chi connectivity index (χ0v) is 17.0. The summed E-state index contributed by atoms with van der Waals surface area (Å²) in [5, 5.41) is 8.31. The van der Waals surface area contributed by atoms with E-state index in [1.54, 1.807) is 24.5 Å². The number of fused-ring (bicyclic) bond motifs is 1. The van der Waals surface area contributed by atoms with Crippen molar-refractivity contribution in [3.63, 3.8) is 0 Å². The molecule has 0 spiro atoms. The number of nitrogens with one attached hydrogen (secondary N) is 2. The van der Waals surface area contributed by atoms with Crippen molar-refractivity contribution < 1.29 is 8.42 Å². The van der Waals surface area contributed by atoms with Gasteiger partial charge in [0.2, 0.25) is 10.0 Å². The van der Waals surface area contributed by atoms with Gasteiger partial charge in [-0.15, -0.1) is 0 Å². The summed E-state index contributed by atoms with van der Waals surface area (Å²) >= 11 is 5.21. The van der Waals surface area contributed by atoms with Gasteiger partial charge in [-0.05, 0) is 54.2 Å². The molecule has 2 N–H and O–H groups in total. The number of anilines is 1. The Bertz CT molecular complexity index is 1140. The first kappa shape index (κ1) is 19.9. The minimum absolute atomic E-state index is 0.179. The van der Waals surface area contributed by atoms with Crippen molar-refractivity contribution in [3.8, 4) is 0 Å². The van der Waals surface area contributed by atoms with Gasteiger partial charge in [0.25, 0.3) is 0 Å². The number of thiocarbonyl (C=S) groups is 1. The minimum Gasteiger partial charge on any atom is -0.331 e. The van der Waals surface area contributed by atoms with Gasteiger partial charge in [0.1, 0.15) is 0 Å². The van der Waals surface area contributed by atoms with Crippen LogP contribution in [0.15, 0.2) is 70.8 Å². The van der Waals surface area contributed by atoms with Crippen LogP contribution in [-0.4, -0.2) is 43.1 Å². The lowest BCUT2D eigenvalue weighted by Crippen LogP contribution is -2.25. The Labute approximate surface area is 169 Å². The summed E-state index contributed by atoms with van der Waals surface area (Å²) in [6.07, 6.45) is 3.40. The van der Waals surface area contributed by atoms with E-state index in [9.17, 15) is 8.42 Å². The Morgan fingerprint density at radius 2 is 1.96 bits per heavy atom. The van der Waals surface area contributed by atoms with Crippen molar-refractivity contribution in [2.75, 3.05) is 19.4 Å². The lowest BCUT2D eigenvalue weighted by molar-refractivity contribution is 0.521. The highest BCUT2D eigenvalue weighted by molar-refractivity contribution is 7.89. The highest BCUT2D eigenvalue weighted by Gasteiger charge is 2.17. The van der Waals surface area contributed by atoms with Gasteiger partial charge >= 0.3 is 0 Å². The summed E-state index contributed by atoms with van der Waals surface area (Å²) in [7, 11) is -0.541.